The van der Waals surface area contributed by atoms with Gasteiger partial charge in [0, 0.05) is 6.42 Å². The molecule has 76 valence electrons. The van der Waals surface area contributed by atoms with Gasteiger partial charge in [-0.1, -0.05) is 0 Å². The van der Waals surface area contributed by atoms with Crippen LogP contribution in [0, 0.1) is 0 Å². The van der Waals surface area contributed by atoms with Gasteiger partial charge < -0.3 is 4.74 Å². The number of rotatable bonds is 4. The monoisotopic (exact) mass is 197 g/mol. The molecule has 1 heterocycles. The molecule has 0 atom stereocenters. The summed E-state index contributed by atoms with van der Waals surface area (Å²) >= 11 is 0. The Bertz CT molecular complexity index is 345. The number of hydrogen-bond acceptors (Lipinski definition) is 5. The van der Waals surface area contributed by atoms with E-state index in [1.807, 2.05) is 0 Å². The molecule has 0 aliphatic rings. The second kappa shape index (κ2) is 4.50. The molecule has 6 nitrogen and oxygen atoms in total. The molecule has 0 N–H and O–H groups in total. The first-order valence-electron chi connectivity index (χ1n) is 4.11. The zero-order chi connectivity index (χ0) is 10.6. The highest BCUT2D eigenvalue weighted by Gasteiger charge is 2.10. The first-order chi connectivity index (χ1) is 6.63. The summed E-state index contributed by atoms with van der Waals surface area (Å²) in [6.07, 6.45) is 1.67. The van der Waals surface area contributed by atoms with Gasteiger partial charge in [-0.3, -0.25) is 4.79 Å². The molecular weight excluding hydrogens is 186 g/mol. The van der Waals surface area contributed by atoms with Crippen LogP contribution in [-0.2, 0) is 16.1 Å². The summed E-state index contributed by atoms with van der Waals surface area (Å²) in [5.41, 5.74) is 0.149. The van der Waals surface area contributed by atoms with Crippen molar-refractivity contribution >= 4 is 11.8 Å². The number of aryl methyl sites for hydroxylation is 1. The first-order valence-corrected chi connectivity index (χ1v) is 4.11. The fourth-order valence-electron chi connectivity index (χ4n) is 0.861. The highest BCUT2D eigenvalue weighted by Crippen LogP contribution is 1.95. The maximum atomic E-state index is 11.0. The molecule has 1 aromatic heterocycles. The smallest absolute Gasteiger partial charge is 0.360 e. The van der Waals surface area contributed by atoms with E-state index < -0.39 is 5.97 Å². The average molecular weight is 197 g/mol. The Labute approximate surface area is 80.9 Å². The van der Waals surface area contributed by atoms with Crippen molar-refractivity contribution in [2.24, 2.45) is 0 Å². The van der Waals surface area contributed by atoms with Crippen LogP contribution in [0.5, 0.6) is 0 Å². The van der Waals surface area contributed by atoms with Crippen molar-refractivity contribution in [3.63, 3.8) is 0 Å². The Hall–Kier alpha value is -1.72. The summed E-state index contributed by atoms with van der Waals surface area (Å²) < 4.78 is 4.45. The molecule has 0 unspecified atom stereocenters. The van der Waals surface area contributed by atoms with Crippen molar-refractivity contribution < 1.29 is 14.3 Å². The molecule has 0 spiro atoms. The van der Waals surface area contributed by atoms with E-state index >= 15 is 0 Å². The molecule has 0 fully saturated rings. The van der Waals surface area contributed by atoms with Gasteiger partial charge in [0.05, 0.1) is 19.9 Å². The molecule has 0 radical (unpaired) electrons. The molecular formula is C8H11N3O3. The van der Waals surface area contributed by atoms with E-state index in [-0.39, 0.29) is 11.5 Å². The Morgan fingerprint density at radius 1 is 1.57 bits per heavy atom. The minimum absolute atomic E-state index is 0.0573. The summed E-state index contributed by atoms with van der Waals surface area (Å²) in [7, 11) is 1.27. The quantitative estimate of drug-likeness (QED) is 0.637. The van der Waals surface area contributed by atoms with Crippen molar-refractivity contribution in [2.45, 2.75) is 19.9 Å². The molecule has 0 bridgehead atoms. The third kappa shape index (κ3) is 2.65. The number of hydrogen-bond donors (Lipinski definition) is 0. The number of carbonyl (C=O) groups excluding carboxylic acids is 2. The van der Waals surface area contributed by atoms with Crippen LogP contribution >= 0.6 is 0 Å². The van der Waals surface area contributed by atoms with E-state index in [9.17, 15) is 9.59 Å². The van der Waals surface area contributed by atoms with Crippen LogP contribution in [-0.4, -0.2) is 33.9 Å². The molecule has 0 aromatic carbocycles. The molecule has 1 rings (SSSR count). The minimum Gasteiger partial charge on any atom is -0.464 e. The van der Waals surface area contributed by atoms with Gasteiger partial charge in [-0.05, 0) is 6.92 Å². The highest BCUT2D eigenvalue weighted by atomic mass is 16.5. The first kappa shape index (κ1) is 10.4. The molecule has 0 aliphatic carbocycles. The Balaban J connectivity index is 2.59. The maximum absolute atomic E-state index is 11.0. The predicted octanol–water partition coefficient (Wildman–Crippen LogP) is 0.0438. The van der Waals surface area contributed by atoms with Gasteiger partial charge in [0.15, 0.2) is 5.69 Å². The lowest BCUT2D eigenvalue weighted by Crippen LogP contribution is -2.08. The Morgan fingerprint density at radius 2 is 2.29 bits per heavy atom. The zero-order valence-electron chi connectivity index (χ0n) is 8.06. The van der Waals surface area contributed by atoms with E-state index in [2.05, 4.69) is 14.9 Å². The summed E-state index contributed by atoms with van der Waals surface area (Å²) in [6, 6.07) is 0. The van der Waals surface area contributed by atoms with Crippen LogP contribution in [0.3, 0.4) is 0 Å². The van der Waals surface area contributed by atoms with Crippen LogP contribution in [0.4, 0.5) is 0 Å². The number of ether oxygens (including phenoxy) is 1. The fourth-order valence-corrected chi connectivity index (χ4v) is 0.861. The SMILES string of the molecule is COC(=O)c1cnn(CCC(C)=O)n1. The number of ketones is 1. The van der Waals surface area contributed by atoms with Crippen molar-refractivity contribution in [2.75, 3.05) is 7.11 Å². The van der Waals surface area contributed by atoms with Crippen LogP contribution in [0.1, 0.15) is 23.8 Å². The summed E-state index contributed by atoms with van der Waals surface area (Å²) in [6.45, 7) is 1.87. The molecule has 1 aromatic rings. The van der Waals surface area contributed by atoms with Gasteiger partial charge in [-0.2, -0.15) is 9.90 Å². The lowest BCUT2D eigenvalue weighted by Gasteiger charge is -1.95. The average Bonchev–Trinajstić information content (AvgIpc) is 2.62. The summed E-state index contributed by atoms with van der Waals surface area (Å²) in [5.74, 6) is -0.471. The number of aromatic nitrogens is 3. The van der Waals surface area contributed by atoms with E-state index in [0.29, 0.717) is 13.0 Å². The van der Waals surface area contributed by atoms with Crippen molar-refractivity contribution in [3.8, 4) is 0 Å². The van der Waals surface area contributed by atoms with Crippen molar-refractivity contribution in [3.05, 3.63) is 11.9 Å². The topological polar surface area (TPSA) is 74.1 Å². The normalized spacial score (nSPS) is 9.86. The molecule has 0 saturated heterocycles. The van der Waals surface area contributed by atoms with Gasteiger partial charge in [-0.25, -0.2) is 4.79 Å². The number of Topliss-reactive ketones (excluding diaryl/α,β-unsaturated/α-hetero) is 1. The van der Waals surface area contributed by atoms with Crippen molar-refractivity contribution in [1.82, 2.24) is 15.0 Å². The number of nitrogens with zero attached hydrogens (tertiary/aromatic N) is 3. The van der Waals surface area contributed by atoms with E-state index in [4.69, 9.17) is 0 Å². The third-order valence-corrected chi connectivity index (χ3v) is 1.59. The third-order valence-electron chi connectivity index (χ3n) is 1.59. The minimum atomic E-state index is -0.529. The van der Waals surface area contributed by atoms with Gasteiger partial charge in [0.2, 0.25) is 0 Å². The van der Waals surface area contributed by atoms with Gasteiger partial charge >= 0.3 is 5.97 Å². The lowest BCUT2D eigenvalue weighted by atomic mass is 10.3. The molecule has 0 amide bonds. The van der Waals surface area contributed by atoms with Crippen LogP contribution in [0.15, 0.2) is 6.20 Å². The number of methoxy groups -OCH3 is 1. The molecule has 0 aliphatic heterocycles. The van der Waals surface area contributed by atoms with E-state index in [1.54, 1.807) is 0 Å². The van der Waals surface area contributed by atoms with E-state index in [0.717, 1.165) is 0 Å². The standard InChI is InChI=1S/C8H11N3O3/c1-6(12)3-4-11-9-5-7(10-11)8(13)14-2/h5H,3-4H2,1-2H3. The lowest BCUT2D eigenvalue weighted by molar-refractivity contribution is -0.117. The molecule has 6 heteroatoms. The second-order valence-electron chi connectivity index (χ2n) is 2.77. The summed E-state index contributed by atoms with van der Waals surface area (Å²) in [4.78, 5) is 22.9. The van der Waals surface area contributed by atoms with Crippen LogP contribution < -0.4 is 0 Å². The molecule has 0 saturated carbocycles. The van der Waals surface area contributed by atoms with Gasteiger partial charge in [0.1, 0.15) is 5.78 Å². The largest absolute Gasteiger partial charge is 0.464 e. The number of carbonyl (C=O) groups is 2. The highest BCUT2D eigenvalue weighted by molar-refractivity contribution is 5.86. The molecule has 14 heavy (non-hydrogen) atoms. The van der Waals surface area contributed by atoms with Crippen LogP contribution in [0.2, 0.25) is 0 Å². The number of esters is 1. The van der Waals surface area contributed by atoms with E-state index in [1.165, 1.54) is 25.0 Å². The fraction of sp³-hybridized carbons (Fsp3) is 0.500. The van der Waals surface area contributed by atoms with Gasteiger partial charge in [-0.15, -0.1) is 5.10 Å². The zero-order valence-corrected chi connectivity index (χ0v) is 8.06. The van der Waals surface area contributed by atoms with Gasteiger partial charge in [0.25, 0.3) is 0 Å². The Kier molecular flexibility index (Phi) is 3.33. The maximum Gasteiger partial charge on any atom is 0.360 e. The predicted molar refractivity (Wildman–Crippen MR) is 46.7 cm³/mol. The van der Waals surface area contributed by atoms with Crippen molar-refractivity contribution in [1.29, 1.82) is 0 Å². The second-order valence-corrected chi connectivity index (χ2v) is 2.77. The summed E-state index contributed by atoms with van der Waals surface area (Å²) in [5, 5.41) is 7.64. The van der Waals surface area contributed by atoms with Crippen LogP contribution in [0.25, 0.3) is 0 Å². The Morgan fingerprint density at radius 3 is 2.86 bits per heavy atom.